The molecule has 0 saturated carbocycles. The number of amides is 2. The van der Waals surface area contributed by atoms with Gasteiger partial charge in [-0.3, -0.25) is 0 Å². The van der Waals surface area contributed by atoms with Gasteiger partial charge in [0, 0.05) is 23.7 Å². The Morgan fingerprint density at radius 2 is 1.74 bits per heavy atom. The summed E-state index contributed by atoms with van der Waals surface area (Å²) in [6.45, 7) is 0.621. The van der Waals surface area contributed by atoms with E-state index in [2.05, 4.69) is 10.6 Å². The topological polar surface area (TPSA) is 70.6 Å². The second-order valence-corrected chi connectivity index (χ2v) is 5.36. The molecule has 2 rings (SSSR count). The lowest BCUT2D eigenvalue weighted by atomic mass is 10.1. The number of rotatable bonds is 6. The van der Waals surface area contributed by atoms with E-state index in [0.29, 0.717) is 23.9 Å². The van der Waals surface area contributed by atoms with E-state index in [1.54, 1.807) is 19.2 Å². The fraction of sp³-hybridized carbons (Fsp3) is 0.235. The molecule has 0 saturated heterocycles. The number of hydrogen-bond acceptors (Lipinski definition) is 3. The lowest BCUT2D eigenvalue weighted by Gasteiger charge is -2.12. The van der Waals surface area contributed by atoms with Crippen molar-refractivity contribution in [1.82, 2.24) is 10.6 Å². The molecule has 2 aromatic rings. The Bertz CT molecular complexity index is 677. The molecular weight excluding hydrogens is 316 g/mol. The van der Waals surface area contributed by atoms with Crippen molar-refractivity contribution in [1.29, 1.82) is 0 Å². The van der Waals surface area contributed by atoms with E-state index in [-0.39, 0.29) is 12.6 Å². The van der Waals surface area contributed by atoms with Crippen LogP contribution in [0.15, 0.2) is 42.5 Å². The van der Waals surface area contributed by atoms with Crippen LogP contribution >= 0.6 is 11.6 Å². The summed E-state index contributed by atoms with van der Waals surface area (Å²) in [7, 11) is 1.56. The zero-order valence-electron chi connectivity index (χ0n) is 12.8. The number of urea groups is 1. The zero-order chi connectivity index (χ0) is 16.7. The molecular formula is C17H19ClN2O3. The van der Waals surface area contributed by atoms with Crippen molar-refractivity contribution in [3.05, 3.63) is 64.2 Å². The van der Waals surface area contributed by atoms with Gasteiger partial charge in [-0.25, -0.2) is 4.79 Å². The number of benzene rings is 2. The molecule has 0 heterocycles. The molecule has 2 aromatic carbocycles. The summed E-state index contributed by atoms with van der Waals surface area (Å²) in [6, 6.07) is 12.4. The highest BCUT2D eigenvalue weighted by Crippen LogP contribution is 2.22. The smallest absolute Gasteiger partial charge is 0.315 e. The summed E-state index contributed by atoms with van der Waals surface area (Å²) in [5.74, 6) is 0.628. The largest absolute Gasteiger partial charge is 0.496 e. The maximum atomic E-state index is 11.9. The number of halogens is 1. The van der Waals surface area contributed by atoms with Gasteiger partial charge < -0.3 is 20.5 Å². The molecule has 3 N–H and O–H groups in total. The SMILES string of the molecule is COc1cc(Cl)ccc1CNC(=O)NCc1ccccc1CO. The van der Waals surface area contributed by atoms with Crippen molar-refractivity contribution in [3.8, 4) is 5.75 Å². The Balaban J connectivity index is 1.88. The first-order chi connectivity index (χ1) is 11.1. The third-order valence-electron chi connectivity index (χ3n) is 3.42. The van der Waals surface area contributed by atoms with Crippen LogP contribution in [0.2, 0.25) is 5.02 Å². The van der Waals surface area contributed by atoms with Crippen molar-refractivity contribution >= 4 is 17.6 Å². The second-order valence-electron chi connectivity index (χ2n) is 4.92. The van der Waals surface area contributed by atoms with Crippen LogP contribution in [-0.4, -0.2) is 18.2 Å². The summed E-state index contributed by atoms with van der Waals surface area (Å²) in [4.78, 5) is 11.9. The van der Waals surface area contributed by atoms with Crippen molar-refractivity contribution in [3.63, 3.8) is 0 Å². The Morgan fingerprint density at radius 1 is 1.09 bits per heavy atom. The van der Waals surface area contributed by atoms with Gasteiger partial charge in [0.2, 0.25) is 0 Å². The number of methoxy groups -OCH3 is 1. The Hall–Kier alpha value is -2.24. The van der Waals surface area contributed by atoms with Crippen molar-refractivity contribution < 1.29 is 14.6 Å². The van der Waals surface area contributed by atoms with Crippen LogP contribution < -0.4 is 15.4 Å². The van der Waals surface area contributed by atoms with Gasteiger partial charge >= 0.3 is 6.03 Å². The minimum Gasteiger partial charge on any atom is -0.496 e. The van der Waals surface area contributed by atoms with Crippen LogP contribution in [0, 0.1) is 0 Å². The first-order valence-corrected chi connectivity index (χ1v) is 7.53. The van der Waals surface area contributed by atoms with E-state index < -0.39 is 0 Å². The second kappa shape index (κ2) is 8.41. The van der Waals surface area contributed by atoms with E-state index in [9.17, 15) is 9.90 Å². The van der Waals surface area contributed by atoms with Gasteiger partial charge in [0.15, 0.2) is 0 Å². The van der Waals surface area contributed by atoms with E-state index in [1.807, 2.05) is 30.3 Å². The molecule has 0 spiro atoms. The van der Waals surface area contributed by atoms with Gasteiger partial charge in [-0.2, -0.15) is 0 Å². The monoisotopic (exact) mass is 334 g/mol. The molecule has 0 aliphatic heterocycles. The summed E-state index contributed by atoms with van der Waals surface area (Å²) in [5.41, 5.74) is 2.52. The van der Waals surface area contributed by atoms with Crippen molar-refractivity contribution in [2.75, 3.05) is 7.11 Å². The highest BCUT2D eigenvalue weighted by molar-refractivity contribution is 6.30. The molecule has 122 valence electrons. The van der Waals surface area contributed by atoms with Gasteiger partial charge in [0.1, 0.15) is 5.75 Å². The predicted molar refractivity (Wildman–Crippen MR) is 89.4 cm³/mol. The summed E-state index contributed by atoms with van der Waals surface area (Å²) in [6.07, 6.45) is 0. The predicted octanol–water partition coefficient (Wildman–Crippen LogP) is 2.84. The minimum atomic E-state index is -0.297. The highest BCUT2D eigenvalue weighted by atomic mass is 35.5. The molecule has 0 atom stereocenters. The molecule has 6 heteroatoms. The number of aliphatic hydroxyl groups excluding tert-OH is 1. The molecule has 0 unspecified atom stereocenters. The van der Waals surface area contributed by atoms with Gasteiger partial charge in [0.05, 0.1) is 13.7 Å². The van der Waals surface area contributed by atoms with Gasteiger partial charge in [-0.15, -0.1) is 0 Å². The number of carbonyl (C=O) groups excluding carboxylic acids is 1. The lowest BCUT2D eigenvalue weighted by molar-refractivity contribution is 0.239. The van der Waals surface area contributed by atoms with Crippen molar-refractivity contribution in [2.45, 2.75) is 19.7 Å². The molecule has 0 fully saturated rings. The third kappa shape index (κ3) is 4.87. The van der Waals surface area contributed by atoms with Gasteiger partial charge in [0.25, 0.3) is 0 Å². The van der Waals surface area contributed by atoms with Gasteiger partial charge in [-0.1, -0.05) is 41.9 Å². The number of carbonyl (C=O) groups is 1. The molecule has 5 nitrogen and oxygen atoms in total. The van der Waals surface area contributed by atoms with Crippen LogP contribution in [0.5, 0.6) is 5.75 Å². The fourth-order valence-electron chi connectivity index (χ4n) is 2.16. The molecule has 0 aliphatic rings. The zero-order valence-corrected chi connectivity index (χ0v) is 13.6. The number of ether oxygens (including phenoxy) is 1. The van der Waals surface area contributed by atoms with Crippen LogP contribution in [-0.2, 0) is 19.7 Å². The van der Waals surface area contributed by atoms with Crippen LogP contribution in [0.25, 0.3) is 0 Å². The Labute approximate surface area is 140 Å². The van der Waals surface area contributed by atoms with E-state index in [0.717, 1.165) is 16.7 Å². The van der Waals surface area contributed by atoms with Crippen LogP contribution in [0.4, 0.5) is 4.79 Å². The van der Waals surface area contributed by atoms with Crippen LogP contribution in [0.3, 0.4) is 0 Å². The number of hydrogen-bond donors (Lipinski definition) is 3. The average Bonchev–Trinajstić information content (AvgIpc) is 2.58. The molecule has 0 aromatic heterocycles. The Kier molecular flexibility index (Phi) is 6.26. The van der Waals surface area contributed by atoms with E-state index >= 15 is 0 Å². The van der Waals surface area contributed by atoms with E-state index in [4.69, 9.17) is 16.3 Å². The fourth-order valence-corrected chi connectivity index (χ4v) is 2.32. The molecule has 0 aliphatic carbocycles. The first kappa shape index (κ1) is 17.1. The molecule has 0 radical (unpaired) electrons. The standard InChI is InChI=1S/C17H19ClN2O3/c1-23-16-8-15(18)7-6-13(16)10-20-17(22)19-9-12-4-2-3-5-14(12)11-21/h2-8,21H,9-11H2,1H3,(H2,19,20,22). The third-order valence-corrected chi connectivity index (χ3v) is 3.65. The molecule has 2 amide bonds. The Morgan fingerprint density at radius 3 is 2.39 bits per heavy atom. The highest BCUT2D eigenvalue weighted by Gasteiger charge is 2.07. The summed E-state index contributed by atoms with van der Waals surface area (Å²) in [5, 5.41) is 15.4. The summed E-state index contributed by atoms with van der Waals surface area (Å²) < 4.78 is 5.23. The van der Waals surface area contributed by atoms with Gasteiger partial charge in [-0.05, 0) is 23.3 Å². The molecule has 0 bridgehead atoms. The molecule has 23 heavy (non-hydrogen) atoms. The maximum absolute atomic E-state index is 11.9. The maximum Gasteiger partial charge on any atom is 0.315 e. The number of aliphatic hydroxyl groups is 1. The lowest BCUT2D eigenvalue weighted by Crippen LogP contribution is -2.34. The van der Waals surface area contributed by atoms with E-state index in [1.165, 1.54) is 0 Å². The van der Waals surface area contributed by atoms with Crippen LogP contribution in [0.1, 0.15) is 16.7 Å². The van der Waals surface area contributed by atoms with Crippen molar-refractivity contribution in [2.24, 2.45) is 0 Å². The average molecular weight is 335 g/mol. The quantitative estimate of drug-likeness (QED) is 0.760. The first-order valence-electron chi connectivity index (χ1n) is 7.15. The number of nitrogens with one attached hydrogen (secondary N) is 2. The normalized spacial score (nSPS) is 10.2. The summed E-state index contributed by atoms with van der Waals surface area (Å²) >= 11 is 5.90. The minimum absolute atomic E-state index is 0.0541.